The number of carbonyl (C=O) groups is 4. The molecule has 9 heteroatoms. The molecule has 0 aromatic heterocycles. The zero-order valence-corrected chi connectivity index (χ0v) is 39.2. The summed E-state index contributed by atoms with van der Waals surface area (Å²) in [5.74, 6) is 2.11. The van der Waals surface area contributed by atoms with Crippen LogP contribution in [0.25, 0.3) is 0 Å². The Labute approximate surface area is 366 Å². The monoisotopic (exact) mass is 849 g/mol. The lowest BCUT2D eigenvalue weighted by atomic mass is 9.35. The van der Waals surface area contributed by atoms with Crippen molar-refractivity contribution >= 4 is 35.5 Å². The van der Waals surface area contributed by atoms with Gasteiger partial charge in [-0.05, 0) is 167 Å². The Morgan fingerprint density at radius 1 is 0.950 bits per heavy atom. The van der Waals surface area contributed by atoms with Gasteiger partial charge in [0.15, 0.2) is 5.78 Å². The van der Waals surface area contributed by atoms with Gasteiger partial charge in [0.05, 0.1) is 17.6 Å². The van der Waals surface area contributed by atoms with Gasteiger partial charge in [0.2, 0.25) is 6.41 Å². The third kappa shape index (κ3) is 8.33. The van der Waals surface area contributed by atoms with Gasteiger partial charge in [-0.25, -0.2) is 0 Å². The second-order valence-electron chi connectivity index (χ2n) is 22.3. The summed E-state index contributed by atoms with van der Waals surface area (Å²) in [4.78, 5) is 50.4. The van der Waals surface area contributed by atoms with Crippen LogP contribution in [0.4, 0.5) is 0 Å². The Hall–Kier alpha value is -2.55. The number of amides is 1. The van der Waals surface area contributed by atoms with Crippen molar-refractivity contribution in [1.29, 1.82) is 0 Å². The Balaban J connectivity index is 0.000000676. The van der Waals surface area contributed by atoms with Gasteiger partial charge in [0, 0.05) is 35.7 Å². The van der Waals surface area contributed by atoms with Crippen LogP contribution in [0.5, 0.6) is 0 Å². The molecule has 0 spiro atoms. The molecule has 0 aliphatic heterocycles. The van der Waals surface area contributed by atoms with Crippen LogP contribution in [0.15, 0.2) is 35.4 Å². The molecule has 0 saturated heterocycles. The lowest BCUT2D eigenvalue weighted by molar-refractivity contribution is -0.193. The van der Waals surface area contributed by atoms with Crippen molar-refractivity contribution in [3.05, 3.63) is 46.0 Å². The van der Waals surface area contributed by atoms with Crippen LogP contribution in [0.2, 0.25) is 5.02 Å². The van der Waals surface area contributed by atoms with E-state index in [2.05, 4.69) is 52.2 Å². The number of hydrogen-bond donors (Lipinski definition) is 4. The average molecular weight is 850 g/mol. The van der Waals surface area contributed by atoms with E-state index in [0.29, 0.717) is 73.4 Å². The zero-order chi connectivity index (χ0) is 44.2. The summed E-state index contributed by atoms with van der Waals surface area (Å²) < 4.78 is 0. The number of carbonyl (C=O) groups excluding carboxylic acids is 3. The summed E-state index contributed by atoms with van der Waals surface area (Å²) in [5.41, 5.74) is 3.48. The molecule has 60 heavy (non-hydrogen) atoms. The van der Waals surface area contributed by atoms with E-state index in [-0.39, 0.29) is 45.3 Å². The highest BCUT2D eigenvalue weighted by atomic mass is 35.5. The molecule has 1 aromatic carbocycles. The van der Waals surface area contributed by atoms with Crippen LogP contribution < -0.4 is 10.6 Å². The topological polar surface area (TPSA) is 133 Å². The molecule has 7 rings (SSSR count). The predicted octanol–water partition coefficient (Wildman–Crippen LogP) is 10.0. The van der Waals surface area contributed by atoms with Crippen molar-refractivity contribution in [2.45, 2.75) is 158 Å². The molecule has 1 amide bonds. The number of aliphatic carboxylic acids is 1. The number of ketones is 2. The summed E-state index contributed by atoms with van der Waals surface area (Å²) in [7, 11) is 0. The van der Waals surface area contributed by atoms with Crippen LogP contribution in [0.1, 0.15) is 145 Å². The number of Topliss-reactive ketones (excluding diaryl/α,β-unsaturated/α-hetero) is 2. The van der Waals surface area contributed by atoms with Crippen molar-refractivity contribution < 1.29 is 29.4 Å². The van der Waals surface area contributed by atoms with Crippen LogP contribution in [-0.2, 0) is 19.2 Å². The predicted molar refractivity (Wildman–Crippen MR) is 239 cm³/mol. The largest absolute Gasteiger partial charge is 0.481 e. The second-order valence-corrected chi connectivity index (χ2v) is 22.7. The van der Waals surface area contributed by atoms with Crippen molar-refractivity contribution in [3.63, 3.8) is 0 Å². The molecule has 5 saturated carbocycles. The van der Waals surface area contributed by atoms with Gasteiger partial charge in [-0.2, -0.15) is 0 Å². The van der Waals surface area contributed by atoms with Crippen molar-refractivity contribution in [2.24, 2.45) is 74.9 Å². The van der Waals surface area contributed by atoms with Gasteiger partial charge in [-0.3, -0.25) is 19.2 Å². The van der Waals surface area contributed by atoms with E-state index in [4.69, 9.17) is 11.6 Å². The molecule has 0 bridgehead atoms. The van der Waals surface area contributed by atoms with E-state index in [1.54, 1.807) is 6.92 Å². The van der Waals surface area contributed by atoms with E-state index in [1.165, 1.54) is 30.4 Å². The first-order valence-electron chi connectivity index (χ1n) is 23.4. The average Bonchev–Trinajstić information content (AvgIpc) is 3.47. The van der Waals surface area contributed by atoms with Crippen molar-refractivity contribution in [2.75, 3.05) is 13.1 Å². The highest BCUT2D eigenvalue weighted by molar-refractivity contribution is 6.30. The number of halogens is 1. The minimum Gasteiger partial charge on any atom is -0.481 e. The minimum atomic E-state index is -0.761. The van der Waals surface area contributed by atoms with Crippen LogP contribution in [-0.4, -0.2) is 58.9 Å². The maximum absolute atomic E-state index is 13.9. The van der Waals surface area contributed by atoms with Crippen LogP contribution >= 0.6 is 11.6 Å². The van der Waals surface area contributed by atoms with Gasteiger partial charge in [-0.15, -0.1) is 0 Å². The first kappa shape index (κ1) is 46.9. The Bertz CT molecular complexity index is 1780. The molecular weight excluding hydrogens is 772 g/mol. The standard InChI is InChI=1S/C44H70N2O6.C7H7Cl/c1-25(2)37-34(50)22-44(18-19-45-23-43(9,27(4)48)46-24-47)17-13-32-29(38(37)44)10-11-36-41(32,7)16-14-35-40(5,6)28(12-15-42(35,36)8)20-33(49)30-21-31(26(30)3)39(51)52;1-6-2-4-7(8)5-3-6/h24-32,35-36,45,48H,10-23H2,1-9H3,(H,46,47)(H,51,52);2-5H,1H3. The van der Waals surface area contributed by atoms with Gasteiger partial charge >= 0.3 is 5.97 Å². The Kier molecular flexibility index (Phi) is 13.7. The highest BCUT2D eigenvalue weighted by Crippen LogP contribution is 2.74. The van der Waals surface area contributed by atoms with Crippen molar-refractivity contribution in [1.82, 2.24) is 10.6 Å². The molecular formula is C51H77ClN2O6. The number of aliphatic hydroxyl groups excluding tert-OH is 1. The maximum Gasteiger partial charge on any atom is 0.306 e. The molecule has 0 radical (unpaired) electrons. The molecule has 6 aliphatic carbocycles. The van der Waals surface area contributed by atoms with E-state index >= 15 is 0 Å². The van der Waals surface area contributed by atoms with Gasteiger partial charge in [0.25, 0.3) is 0 Å². The van der Waals surface area contributed by atoms with E-state index in [1.807, 2.05) is 45.0 Å². The summed E-state index contributed by atoms with van der Waals surface area (Å²) >= 11 is 5.61. The molecule has 8 nitrogen and oxygen atoms in total. The van der Waals surface area contributed by atoms with Gasteiger partial charge in [-0.1, -0.05) is 83.3 Å². The molecule has 5 fully saturated rings. The Morgan fingerprint density at radius 2 is 1.62 bits per heavy atom. The third-order valence-corrected chi connectivity index (χ3v) is 18.8. The number of aliphatic hydroxyl groups is 1. The van der Waals surface area contributed by atoms with E-state index < -0.39 is 17.6 Å². The lowest BCUT2D eigenvalue weighted by Crippen LogP contribution is -2.62. The maximum atomic E-state index is 13.9. The fourth-order valence-electron chi connectivity index (χ4n) is 14.8. The summed E-state index contributed by atoms with van der Waals surface area (Å²) in [6.07, 6.45) is 11.8. The first-order chi connectivity index (χ1) is 28.1. The fraction of sp³-hybridized carbons (Fsp3) is 0.765. The first-order valence-corrected chi connectivity index (χ1v) is 23.8. The van der Waals surface area contributed by atoms with E-state index in [9.17, 15) is 29.4 Å². The number of nitrogens with one attached hydrogen (secondary N) is 2. The van der Waals surface area contributed by atoms with E-state index in [0.717, 1.165) is 55.7 Å². The molecule has 334 valence electrons. The number of allylic oxidation sites excluding steroid dienone is 2. The number of hydrogen-bond acceptors (Lipinski definition) is 6. The number of rotatable bonds is 13. The SMILES string of the molecule is CC(C)C1=C2C3CCC4C(C)(CCC5C(C)(C)C(CC(=O)C6CC(C(=O)O)C6C)CCC54C)C3CCC2(CCNCC(C)(NC=O)C(C)O)CC1=O.Cc1ccc(Cl)cc1. The molecule has 6 aliphatic rings. The van der Waals surface area contributed by atoms with Crippen LogP contribution in [0, 0.1) is 81.8 Å². The van der Waals surface area contributed by atoms with Crippen LogP contribution in [0.3, 0.4) is 0 Å². The number of fused-ring (bicyclic) bond motifs is 7. The molecule has 1 aromatic rings. The summed E-state index contributed by atoms with van der Waals surface area (Å²) in [6.45, 7) is 23.3. The normalized spacial score (nSPS) is 38.1. The molecule has 13 atom stereocenters. The smallest absolute Gasteiger partial charge is 0.306 e. The second kappa shape index (κ2) is 17.5. The van der Waals surface area contributed by atoms with Crippen molar-refractivity contribution in [3.8, 4) is 0 Å². The Morgan fingerprint density at radius 3 is 2.20 bits per heavy atom. The number of benzene rings is 1. The molecule has 0 heterocycles. The van der Waals surface area contributed by atoms with Gasteiger partial charge in [0.1, 0.15) is 5.78 Å². The third-order valence-electron chi connectivity index (χ3n) is 18.5. The van der Waals surface area contributed by atoms with Gasteiger partial charge < -0.3 is 20.8 Å². The highest BCUT2D eigenvalue weighted by Gasteiger charge is 2.66. The zero-order valence-electron chi connectivity index (χ0n) is 38.5. The lowest BCUT2D eigenvalue weighted by Gasteiger charge is -2.69. The number of carboxylic acids is 1. The molecule has 13 unspecified atom stereocenters. The summed E-state index contributed by atoms with van der Waals surface area (Å²) in [5, 5.41) is 27.0. The fourth-order valence-corrected chi connectivity index (χ4v) is 14.9. The quantitative estimate of drug-likeness (QED) is 0.115. The number of carboxylic acid groups (broad SMARTS) is 1. The molecule has 4 N–H and O–H groups in total. The number of aryl methyl sites for hydroxylation is 1. The minimum absolute atomic E-state index is 0.0467. The summed E-state index contributed by atoms with van der Waals surface area (Å²) in [6, 6.07) is 7.75.